The number of carbonyl (C=O) groups excluding carboxylic acids is 1. The molecule has 2 N–H and O–H groups in total. The van der Waals surface area contributed by atoms with Crippen molar-refractivity contribution in [3.05, 3.63) is 87.6 Å². The normalized spacial score (nSPS) is 26.2. The van der Waals surface area contributed by atoms with Gasteiger partial charge in [0, 0.05) is 12.0 Å². The van der Waals surface area contributed by atoms with Crippen LogP contribution < -0.4 is 10.9 Å². The van der Waals surface area contributed by atoms with Gasteiger partial charge >= 0.3 is 6.09 Å². The quantitative estimate of drug-likeness (QED) is 0.360. The number of fused-ring (bicyclic) bond motifs is 2. The molecule has 3 aliphatic heterocycles. The average Bonchev–Trinajstić information content (AvgIpc) is 3.20. The number of aryl methyl sites for hydroxylation is 1. The summed E-state index contributed by atoms with van der Waals surface area (Å²) >= 11 is 0. The summed E-state index contributed by atoms with van der Waals surface area (Å²) in [6, 6.07) is 15.6. The van der Waals surface area contributed by atoms with Crippen LogP contribution in [0.25, 0.3) is 0 Å². The zero-order valence-electron chi connectivity index (χ0n) is 23.8. The first kappa shape index (κ1) is 29.3. The van der Waals surface area contributed by atoms with Crippen LogP contribution in [0.15, 0.2) is 64.3 Å². The minimum Gasteiger partial charge on any atom is -0.502 e. The van der Waals surface area contributed by atoms with Crippen LogP contribution in [0.1, 0.15) is 61.5 Å². The maximum atomic E-state index is 13.6. The highest BCUT2D eigenvalue weighted by atomic mass is 32.2. The molecule has 3 aromatic rings. The smallest absolute Gasteiger partial charge is 0.408 e. The van der Waals surface area contributed by atoms with Crippen LogP contribution in [-0.2, 0) is 47.2 Å². The van der Waals surface area contributed by atoms with Gasteiger partial charge in [-0.05, 0) is 57.2 Å². The Morgan fingerprint density at radius 1 is 1.09 bits per heavy atom. The van der Waals surface area contributed by atoms with Crippen molar-refractivity contribution in [3.8, 4) is 5.75 Å². The van der Waals surface area contributed by atoms with Crippen LogP contribution in [0.2, 0.25) is 0 Å². The summed E-state index contributed by atoms with van der Waals surface area (Å²) in [5.41, 5.74) is -1.04. The summed E-state index contributed by atoms with van der Waals surface area (Å²) in [5, 5.41) is 13.8. The molecule has 0 radical (unpaired) electrons. The first-order valence-electron chi connectivity index (χ1n) is 14.1. The van der Waals surface area contributed by atoms with Gasteiger partial charge < -0.3 is 24.6 Å². The molecule has 1 amide bonds. The summed E-state index contributed by atoms with van der Waals surface area (Å²) in [5.74, 6) is -0.415. The van der Waals surface area contributed by atoms with E-state index in [1.807, 2.05) is 37.3 Å². The van der Waals surface area contributed by atoms with Crippen molar-refractivity contribution >= 4 is 16.2 Å². The Kier molecular flexibility index (Phi) is 7.53. The molecule has 0 unspecified atom stereocenters. The Hall–Kier alpha value is -3.78. The number of benzene rings is 2. The van der Waals surface area contributed by atoms with Crippen molar-refractivity contribution < 1.29 is 36.7 Å². The molecule has 1 saturated carbocycles. The fraction of sp³-hybridized carbons (Fsp3) is 0.433. The van der Waals surface area contributed by atoms with E-state index in [0.29, 0.717) is 25.7 Å². The molecule has 2 fully saturated rings. The Balaban J connectivity index is 1.32. The van der Waals surface area contributed by atoms with Crippen LogP contribution in [0.4, 0.5) is 4.79 Å². The average molecular weight is 612 g/mol. The van der Waals surface area contributed by atoms with Crippen molar-refractivity contribution in [3.63, 3.8) is 0 Å². The van der Waals surface area contributed by atoms with E-state index in [2.05, 4.69) is 10.3 Å². The number of carbonyl (C=O) groups is 1. The molecule has 0 atom stereocenters. The molecule has 13 heteroatoms. The molecule has 1 saturated heterocycles. The number of rotatable bonds is 8. The number of ether oxygens (including phenoxy) is 3. The lowest BCUT2D eigenvalue weighted by Gasteiger charge is -2.41. The van der Waals surface area contributed by atoms with E-state index in [-0.39, 0.29) is 36.2 Å². The molecule has 4 aliphatic rings. The summed E-state index contributed by atoms with van der Waals surface area (Å²) in [4.78, 5) is 31.4. The van der Waals surface area contributed by atoms with Crippen LogP contribution in [0.3, 0.4) is 0 Å². The van der Waals surface area contributed by atoms with Gasteiger partial charge in [-0.2, -0.15) is 8.42 Å². The van der Waals surface area contributed by atoms with Crippen LogP contribution in [0, 0.1) is 12.3 Å². The Morgan fingerprint density at radius 2 is 1.77 bits per heavy atom. The molecular formula is C30H33N3O9S. The van der Waals surface area contributed by atoms with E-state index < -0.39 is 51.1 Å². The van der Waals surface area contributed by atoms with Gasteiger partial charge in [-0.3, -0.25) is 13.5 Å². The minimum atomic E-state index is -4.08. The molecule has 7 rings (SSSR count). The number of nitrogens with zero attached hydrogens (tertiary/aromatic N) is 2. The van der Waals surface area contributed by atoms with Crippen molar-refractivity contribution in [1.82, 2.24) is 14.9 Å². The lowest BCUT2D eigenvalue weighted by Crippen LogP contribution is -2.51. The molecule has 2 bridgehead atoms. The fourth-order valence-electron chi connectivity index (χ4n) is 5.95. The van der Waals surface area contributed by atoms with Crippen molar-refractivity contribution in [2.24, 2.45) is 5.41 Å². The van der Waals surface area contributed by atoms with E-state index in [4.69, 9.17) is 18.4 Å². The molecular weight excluding hydrogens is 578 g/mol. The summed E-state index contributed by atoms with van der Waals surface area (Å²) in [7, 11) is -4.08. The number of hydrogen-bond acceptors (Lipinski definition) is 10. The third-order valence-corrected chi connectivity index (χ3v) is 9.77. The molecule has 228 valence electrons. The number of amides is 1. The third-order valence-electron chi connectivity index (χ3n) is 8.50. The molecule has 4 heterocycles. The largest absolute Gasteiger partial charge is 0.502 e. The van der Waals surface area contributed by atoms with E-state index in [1.54, 1.807) is 19.1 Å². The highest BCUT2D eigenvalue weighted by molar-refractivity contribution is 7.86. The maximum Gasteiger partial charge on any atom is 0.408 e. The first-order valence-corrected chi connectivity index (χ1v) is 15.5. The highest BCUT2D eigenvalue weighted by Crippen LogP contribution is 2.50. The van der Waals surface area contributed by atoms with Gasteiger partial charge in [0.05, 0.1) is 11.5 Å². The monoisotopic (exact) mass is 611 g/mol. The van der Waals surface area contributed by atoms with Gasteiger partial charge in [0.2, 0.25) is 12.0 Å². The number of alkyl carbamates (subject to hydrolysis) is 1. The standard InChI is InChI=1S/C30H33N3O9S/c1-19-8-10-22(11-9-19)43(37,38)40-18-29-12-14-30(15-13-29,32-28(36)39-16-21-6-4-3-5-7-21)27-31-23(26-41-20(2)42-26)24(34)25(35)33(27)17-29/h3-11,20,26,34H,12-18H2,1-2H3,(H,32,36). The summed E-state index contributed by atoms with van der Waals surface area (Å²) in [6.45, 7) is 3.40. The van der Waals surface area contributed by atoms with Gasteiger partial charge in [-0.1, -0.05) is 48.0 Å². The van der Waals surface area contributed by atoms with Crippen LogP contribution >= 0.6 is 0 Å². The van der Waals surface area contributed by atoms with Crippen LogP contribution in [-0.4, -0.2) is 42.1 Å². The lowest BCUT2D eigenvalue weighted by atomic mass is 9.69. The topological polar surface area (TPSA) is 155 Å². The van der Waals surface area contributed by atoms with Gasteiger partial charge in [0.25, 0.3) is 15.7 Å². The lowest BCUT2D eigenvalue weighted by molar-refractivity contribution is -0.384. The summed E-state index contributed by atoms with van der Waals surface area (Å²) < 4.78 is 49.5. The van der Waals surface area contributed by atoms with Crippen molar-refractivity contribution in [2.45, 2.75) is 75.7 Å². The zero-order valence-corrected chi connectivity index (χ0v) is 24.6. The predicted octanol–water partition coefficient (Wildman–Crippen LogP) is 3.75. The third kappa shape index (κ3) is 5.65. The molecule has 1 aliphatic carbocycles. The Labute approximate surface area is 248 Å². The second kappa shape index (κ2) is 11.1. The van der Waals surface area contributed by atoms with Crippen LogP contribution in [0.5, 0.6) is 5.75 Å². The Bertz CT molecular complexity index is 1680. The molecule has 1 aromatic heterocycles. The second-order valence-corrected chi connectivity index (χ2v) is 13.1. The number of aromatic nitrogens is 2. The SMILES string of the molecule is Cc1ccc(S(=O)(=O)OCC23CCC(NC(=O)OCc4ccccc4)(CC2)c2nc(C4OC(C)O4)c(O)c(=O)n2C3)cc1. The van der Waals surface area contributed by atoms with Gasteiger partial charge in [-0.15, -0.1) is 0 Å². The number of aromatic hydroxyl groups is 1. The van der Waals surface area contributed by atoms with E-state index in [1.165, 1.54) is 16.7 Å². The fourth-order valence-corrected chi connectivity index (χ4v) is 6.96. The van der Waals surface area contributed by atoms with Gasteiger partial charge in [0.1, 0.15) is 23.7 Å². The number of hydrogen-bond donors (Lipinski definition) is 2. The maximum absolute atomic E-state index is 13.6. The Morgan fingerprint density at radius 3 is 2.42 bits per heavy atom. The van der Waals surface area contributed by atoms with Crippen molar-refractivity contribution in [2.75, 3.05) is 6.61 Å². The molecule has 2 aromatic carbocycles. The molecule has 43 heavy (non-hydrogen) atoms. The molecule has 12 nitrogen and oxygen atoms in total. The second-order valence-electron chi connectivity index (χ2n) is 11.5. The number of nitrogens with one attached hydrogen (secondary N) is 1. The van der Waals surface area contributed by atoms with E-state index >= 15 is 0 Å². The van der Waals surface area contributed by atoms with Crippen molar-refractivity contribution in [1.29, 1.82) is 0 Å². The predicted molar refractivity (Wildman–Crippen MR) is 151 cm³/mol. The minimum absolute atomic E-state index is 0.0245. The highest BCUT2D eigenvalue weighted by Gasteiger charge is 2.53. The first-order chi connectivity index (χ1) is 20.5. The zero-order chi connectivity index (χ0) is 30.4. The van der Waals surface area contributed by atoms with E-state index in [0.717, 1.165) is 11.1 Å². The van der Waals surface area contributed by atoms with Gasteiger partial charge in [-0.25, -0.2) is 9.78 Å². The summed E-state index contributed by atoms with van der Waals surface area (Å²) in [6.07, 6.45) is -0.810. The van der Waals surface area contributed by atoms with Gasteiger partial charge in [0.15, 0.2) is 6.29 Å². The van der Waals surface area contributed by atoms with E-state index in [9.17, 15) is 23.1 Å². The molecule has 0 spiro atoms.